The minimum atomic E-state index is -0.318. The van der Waals surface area contributed by atoms with Crippen LogP contribution in [0.5, 0.6) is 0 Å². The molecule has 2 aromatic carbocycles. The Labute approximate surface area is 80.7 Å². The van der Waals surface area contributed by atoms with Gasteiger partial charge < -0.3 is 0 Å². The van der Waals surface area contributed by atoms with Crippen LogP contribution >= 0.6 is 0 Å². The molecule has 0 radical (unpaired) electrons. The van der Waals surface area contributed by atoms with Crippen LogP contribution in [-0.2, 0) is 6.40 Å². The van der Waals surface area contributed by atoms with E-state index in [4.69, 9.17) is 2.74 Å². The first-order valence-corrected chi connectivity index (χ1v) is 4.39. The molecule has 0 spiro atoms. The van der Waals surface area contributed by atoms with Gasteiger partial charge >= 0.3 is 0 Å². The van der Waals surface area contributed by atoms with Gasteiger partial charge in [0.15, 0.2) is 0 Å². The van der Waals surface area contributed by atoms with E-state index < -0.39 is 0 Å². The Kier molecular flexibility index (Phi) is 0.990. The van der Waals surface area contributed by atoms with Crippen molar-refractivity contribution in [3.63, 3.8) is 0 Å². The predicted octanol–water partition coefficient (Wildman–Crippen LogP) is 3.26. The quantitative estimate of drug-likeness (QED) is 0.566. The van der Waals surface area contributed by atoms with Crippen molar-refractivity contribution >= 4 is 0 Å². The van der Waals surface area contributed by atoms with Gasteiger partial charge in [-0.3, -0.25) is 0 Å². The highest BCUT2D eigenvalue weighted by molar-refractivity contribution is 5.76. The molecule has 13 heavy (non-hydrogen) atoms. The van der Waals surface area contributed by atoms with E-state index in [0.29, 0.717) is 6.04 Å². The van der Waals surface area contributed by atoms with Crippen molar-refractivity contribution in [2.24, 2.45) is 0 Å². The molecule has 0 saturated heterocycles. The first kappa shape index (κ1) is 5.23. The molecule has 2 aromatic rings. The molecule has 62 valence electrons. The Morgan fingerprint density at radius 1 is 0.923 bits per heavy atom. The van der Waals surface area contributed by atoms with Crippen LogP contribution in [0.3, 0.4) is 0 Å². The molecular weight excluding hydrogens is 156 g/mol. The van der Waals surface area contributed by atoms with Crippen LogP contribution in [0.2, 0.25) is 0 Å². The maximum absolute atomic E-state index is 8.11. The van der Waals surface area contributed by atoms with Crippen LogP contribution in [0, 0.1) is 0 Å². The van der Waals surface area contributed by atoms with Gasteiger partial charge in [0, 0.05) is 1.37 Å². The standard InChI is InChI=1S/C13H10/c1-3-7-12-10(5-1)9-11-6-2-4-8-13(11)12/h1-8H,9H2/i1D,9D. The van der Waals surface area contributed by atoms with Crippen molar-refractivity contribution < 1.29 is 2.74 Å². The highest BCUT2D eigenvalue weighted by atomic mass is 14.2. The van der Waals surface area contributed by atoms with Crippen LogP contribution in [0.1, 0.15) is 13.9 Å². The lowest BCUT2D eigenvalue weighted by Crippen LogP contribution is -1.77. The molecule has 0 bridgehead atoms. The fourth-order valence-electron chi connectivity index (χ4n) is 1.84. The lowest BCUT2D eigenvalue weighted by Gasteiger charge is -1.98. The highest BCUT2D eigenvalue weighted by Crippen LogP contribution is 2.35. The zero-order valence-electron chi connectivity index (χ0n) is 9.12. The second-order valence-electron chi connectivity index (χ2n) is 3.24. The molecule has 0 N–H and O–H groups in total. The summed E-state index contributed by atoms with van der Waals surface area (Å²) < 4.78 is 15.7. The maximum Gasteiger partial charge on any atom is 0.0623 e. The topological polar surface area (TPSA) is 0 Å². The van der Waals surface area contributed by atoms with Crippen molar-refractivity contribution in [1.82, 2.24) is 0 Å². The maximum atomic E-state index is 8.11. The van der Waals surface area contributed by atoms with Gasteiger partial charge in [-0.1, -0.05) is 48.5 Å². The van der Waals surface area contributed by atoms with Crippen LogP contribution in [0.4, 0.5) is 0 Å². The Bertz CT molecular complexity index is 532. The fourth-order valence-corrected chi connectivity index (χ4v) is 1.84. The number of hydrogen-bond donors (Lipinski definition) is 0. The molecule has 0 amide bonds. The van der Waals surface area contributed by atoms with Crippen LogP contribution < -0.4 is 0 Å². The average Bonchev–Trinajstić information content (AvgIpc) is 2.54. The van der Waals surface area contributed by atoms with Crippen molar-refractivity contribution in [3.05, 3.63) is 59.6 Å². The molecule has 1 aliphatic carbocycles. The summed E-state index contributed by atoms with van der Waals surface area (Å²) in [6.07, 6.45) is -0.318. The van der Waals surface area contributed by atoms with Gasteiger partial charge in [0.2, 0.25) is 0 Å². The monoisotopic (exact) mass is 168 g/mol. The molecule has 1 atom stereocenters. The minimum Gasteiger partial charge on any atom is -0.0619 e. The summed E-state index contributed by atoms with van der Waals surface area (Å²) in [5.41, 5.74) is 4.27. The zero-order valence-corrected chi connectivity index (χ0v) is 7.12. The summed E-state index contributed by atoms with van der Waals surface area (Å²) in [6.45, 7) is 0. The molecule has 0 aromatic heterocycles. The number of hydrogen-bond acceptors (Lipinski definition) is 0. The van der Waals surface area contributed by atoms with Gasteiger partial charge in [-0.25, -0.2) is 0 Å². The Balaban J connectivity index is 2.32. The molecule has 0 fully saturated rings. The highest BCUT2D eigenvalue weighted by Gasteiger charge is 2.15. The normalized spacial score (nSPS) is 20.2. The third-order valence-electron chi connectivity index (χ3n) is 2.46. The number of fused-ring (bicyclic) bond motifs is 3. The van der Waals surface area contributed by atoms with Crippen molar-refractivity contribution in [3.8, 4) is 11.1 Å². The molecule has 3 rings (SSSR count). The van der Waals surface area contributed by atoms with Crippen molar-refractivity contribution in [2.75, 3.05) is 0 Å². The predicted molar refractivity (Wildman–Crippen MR) is 54.7 cm³/mol. The third-order valence-corrected chi connectivity index (χ3v) is 2.46. The molecular formula is C13H10. The van der Waals surface area contributed by atoms with Crippen molar-refractivity contribution in [2.45, 2.75) is 6.40 Å². The lowest BCUT2D eigenvalue weighted by atomic mass is 10.1. The van der Waals surface area contributed by atoms with E-state index >= 15 is 0 Å². The summed E-state index contributed by atoms with van der Waals surface area (Å²) >= 11 is 0. The van der Waals surface area contributed by atoms with E-state index in [1.165, 1.54) is 0 Å². The Hall–Kier alpha value is -1.56. The van der Waals surface area contributed by atoms with E-state index in [1.54, 1.807) is 12.1 Å². The van der Waals surface area contributed by atoms with Crippen LogP contribution in [-0.4, -0.2) is 0 Å². The summed E-state index contributed by atoms with van der Waals surface area (Å²) in [4.78, 5) is 0. The van der Waals surface area contributed by atoms with Gasteiger partial charge in [0.05, 0.1) is 1.37 Å². The number of benzene rings is 2. The van der Waals surface area contributed by atoms with Crippen LogP contribution in [0.25, 0.3) is 11.1 Å². The van der Waals surface area contributed by atoms with Gasteiger partial charge in [-0.05, 0) is 28.7 Å². The number of rotatable bonds is 0. The molecule has 0 nitrogen and oxygen atoms in total. The largest absolute Gasteiger partial charge is 0.0623 e. The van der Waals surface area contributed by atoms with Gasteiger partial charge in [0.25, 0.3) is 0 Å². The Morgan fingerprint density at radius 3 is 2.54 bits per heavy atom. The molecule has 0 saturated carbocycles. The summed E-state index contributed by atoms with van der Waals surface area (Å²) in [5, 5.41) is 0. The summed E-state index contributed by atoms with van der Waals surface area (Å²) in [5.74, 6) is 0. The molecule has 0 aliphatic heterocycles. The molecule has 1 unspecified atom stereocenters. The molecule has 0 heteroatoms. The second kappa shape index (κ2) is 2.46. The minimum absolute atomic E-state index is 0.318. The van der Waals surface area contributed by atoms with E-state index in [0.717, 1.165) is 22.3 Å². The first-order chi connectivity index (χ1) is 7.27. The van der Waals surface area contributed by atoms with Crippen molar-refractivity contribution in [1.29, 1.82) is 0 Å². The summed E-state index contributed by atoms with van der Waals surface area (Å²) in [6, 6.07) is 14.0. The van der Waals surface area contributed by atoms with E-state index in [2.05, 4.69) is 0 Å². The first-order valence-electron chi connectivity index (χ1n) is 5.47. The summed E-state index contributed by atoms with van der Waals surface area (Å²) in [7, 11) is 0. The van der Waals surface area contributed by atoms with Gasteiger partial charge in [-0.15, -0.1) is 0 Å². The van der Waals surface area contributed by atoms with Crippen LogP contribution in [0.15, 0.2) is 48.5 Å². The average molecular weight is 168 g/mol. The lowest BCUT2D eigenvalue weighted by molar-refractivity contribution is 1.26. The Morgan fingerprint density at radius 2 is 1.62 bits per heavy atom. The molecule has 0 heterocycles. The van der Waals surface area contributed by atoms with Gasteiger partial charge in [-0.2, -0.15) is 0 Å². The van der Waals surface area contributed by atoms with E-state index in [9.17, 15) is 0 Å². The van der Waals surface area contributed by atoms with E-state index in [-0.39, 0.29) is 6.40 Å². The second-order valence-corrected chi connectivity index (χ2v) is 3.24. The van der Waals surface area contributed by atoms with Gasteiger partial charge in [0.1, 0.15) is 0 Å². The third kappa shape index (κ3) is 0.919. The zero-order chi connectivity index (χ0) is 10.4. The fraction of sp³-hybridized carbons (Fsp3) is 0.0769. The SMILES string of the molecule is [2H]c1ccc2c(c1)C([2H])c1ccccc1-2. The smallest absolute Gasteiger partial charge is 0.0619 e. The molecule has 1 aliphatic rings. The van der Waals surface area contributed by atoms with E-state index in [1.807, 2.05) is 30.3 Å².